The second kappa shape index (κ2) is 7.61. The van der Waals surface area contributed by atoms with Crippen LogP contribution in [0.25, 0.3) is 6.08 Å². The molecule has 0 aliphatic carbocycles. The molecule has 5 heteroatoms. The number of phenols is 1. The van der Waals surface area contributed by atoms with Gasteiger partial charge in [0.2, 0.25) is 0 Å². The van der Waals surface area contributed by atoms with Gasteiger partial charge in [-0.25, -0.2) is 0 Å². The van der Waals surface area contributed by atoms with E-state index in [1.54, 1.807) is 36.4 Å². The summed E-state index contributed by atoms with van der Waals surface area (Å²) in [5, 5.41) is 9.96. The molecule has 2 aromatic rings. The Bertz CT molecular complexity index is 765. The maximum Gasteiger partial charge on any atom is 0.170 e. The lowest BCUT2D eigenvalue weighted by Crippen LogP contribution is -2.05. The standard InChI is InChI=1S/C18H15ClO4/c1-23-18-9-12(6-8-16(18)21)5-7-15(20)11-17(22)13-3-2-4-14(19)10-13/h2-10,21H,11H2,1H3. The van der Waals surface area contributed by atoms with Gasteiger partial charge in [-0.05, 0) is 35.9 Å². The fourth-order valence-corrected chi connectivity index (χ4v) is 2.16. The van der Waals surface area contributed by atoms with Gasteiger partial charge >= 0.3 is 0 Å². The van der Waals surface area contributed by atoms with Crippen molar-refractivity contribution in [1.29, 1.82) is 0 Å². The first kappa shape index (κ1) is 16.8. The third kappa shape index (κ3) is 4.69. The van der Waals surface area contributed by atoms with E-state index in [9.17, 15) is 14.7 Å². The average Bonchev–Trinajstić information content (AvgIpc) is 2.54. The number of benzene rings is 2. The summed E-state index contributed by atoms with van der Waals surface area (Å²) in [6.45, 7) is 0. The van der Waals surface area contributed by atoms with Gasteiger partial charge in [0.1, 0.15) is 0 Å². The maximum absolute atomic E-state index is 12.0. The second-order valence-corrected chi connectivity index (χ2v) is 5.28. The van der Waals surface area contributed by atoms with Crippen molar-refractivity contribution in [2.45, 2.75) is 6.42 Å². The minimum atomic E-state index is -0.318. The van der Waals surface area contributed by atoms with Crippen LogP contribution in [0.15, 0.2) is 48.5 Å². The normalized spacial score (nSPS) is 10.7. The smallest absolute Gasteiger partial charge is 0.170 e. The fraction of sp³-hybridized carbons (Fsp3) is 0.111. The van der Waals surface area contributed by atoms with Gasteiger partial charge < -0.3 is 9.84 Å². The van der Waals surface area contributed by atoms with Crippen LogP contribution in [0.1, 0.15) is 22.3 Å². The van der Waals surface area contributed by atoms with Crippen LogP contribution in [0, 0.1) is 0 Å². The zero-order valence-electron chi connectivity index (χ0n) is 12.5. The Morgan fingerprint density at radius 3 is 2.70 bits per heavy atom. The first-order chi connectivity index (χ1) is 11.0. The minimum Gasteiger partial charge on any atom is -0.504 e. The molecule has 0 bridgehead atoms. The summed E-state index contributed by atoms with van der Waals surface area (Å²) >= 11 is 5.82. The molecular weight excluding hydrogens is 316 g/mol. The molecule has 0 fully saturated rings. The highest BCUT2D eigenvalue weighted by Gasteiger charge is 2.10. The molecule has 0 unspecified atom stereocenters. The SMILES string of the molecule is COc1cc(C=CC(=O)CC(=O)c2cccc(Cl)c2)ccc1O. The van der Waals surface area contributed by atoms with Gasteiger partial charge in [-0.2, -0.15) is 0 Å². The van der Waals surface area contributed by atoms with Crippen molar-refractivity contribution < 1.29 is 19.4 Å². The molecule has 0 aliphatic rings. The van der Waals surface area contributed by atoms with Crippen molar-refractivity contribution in [1.82, 2.24) is 0 Å². The Kier molecular flexibility index (Phi) is 5.55. The third-order valence-electron chi connectivity index (χ3n) is 3.15. The number of ketones is 2. The molecule has 0 aromatic heterocycles. The Hall–Kier alpha value is -2.59. The van der Waals surface area contributed by atoms with Crippen molar-refractivity contribution in [2.24, 2.45) is 0 Å². The molecule has 118 valence electrons. The van der Waals surface area contributed by atoms with E-state index in [2.05, 4.69) is 0 Å². The van der Waals surface area contributed by atoms with Crippen LogP contribution in [0.3, 0.4) is 0 Å². The number of aromatic hydroxyl groups is 1. The molecule has 0 radical (unpaired) electrons. The first-order valence-electron chi connectivity index (χ1n) is 6.86. The number of Topliss-reactive ketones (excluding diaryl/α,β-unsaturated/α-hetero) is 1. The Balaban J connectivity index is 2.03. The van der Waals surface area contributed by atoms with E-state index >= 15 is 0 Å². The van der Waals surface area contributed by atoms with Gasteiger partial charge in [0.25, 0.3) is 0 Å². The third-order valence-corrected chi connectivity index (χ3v) is 3.38. The Morgan fingerprint density at radius 2 is 2.00 bits per heavy atom. The van der Waals surface area contributed by atoms with E-state index < -0.39 is 0 Å². The van der Waals surface area contributed by atoms with Crippen molar-refractivity contribution in [3.8, 4) is 11.5 Å². The van der Waals surface area contributed by atoms with Crippen LogP contribution in [0.2, 0.25) is 5.02 Å². The molecule has 2 aromatic carbocycles. The largest absolute Gasteiger partial charge is 0.504 e. The number of carbonyl (C=O) groups excluding carboxylic acids is 2. The number of rotatable bonds is 6. The lowest BCUT2D eigenvalue weighted by Gasteiger charge is -2.03. The number of ether oxygens (including phenoxy) is 1. The number of carbonyl (C=O) groups is 2. The summed E-state index contributed by atoms with van der Waals surface area (Å²) in [6, 6.07) is 11.2. The van der Waals surface area contributed by atoms with E-state index in [1.807, 2.05) is 0 Å². The minimum absolute atomic E-state index is 0.0205. The highest BCUT2D eigenvalue weighted by Crippen LogP contribution is 2.26. The van der Waals surface area contributed by atoms with Crippen molar-refractivity contribution >= 4 is 29.2 Å². The summed E-state index contributed by atoms with van der Waals surface area (Å²) < 4.78 is 4.99. The van der Waals surface area contributed by atoms with Crippen LogP contribution in [0.5, 0.6) is 11.5 Å². The Morgan fingerprint density at radius 1 is 1.22 bits per heavy atom. The Labute approximate surface area is 139 Å². The molecular formula is C18H15ClO4. The van der Waals surface area contributed by atoms with E-state index in [0.29, 0.717) is 21.9 Å². The molecule has 0 saturated heterocycles. The number of allylic oxidation sites excluding steroid dienone is 1. The van der Waals surface area contributed by atoms with Crippen LogP contribution in [-0.4, -0.2) is 23.8 Å². The quantitative estimate of drug-likeness (QED) is 0.495. The first-order valence-corrected chi connectivity index (χ1v) is 7.24. The molecule has 0 aliphatic heterocycles. The number of methoxy groups -OCH3 is 1. The van der Waals surface area contributed by atoms with Gasteiger partial charge in [-0.1, -0.05) is 35.9 Å². The predicted molar refractivity (Wildman–Crippen MR) is 89.1 cm³/mol. The lowest BCUT2D eigenvalue weighted by molar-refractivity contribution is -0.113. The van der Waals surface area contributed by atoms with E-state index in [0.717, 1.165) is 0 Å². The highest BCUT2D eigenvalue weighted by molar-refractivity contribution is 6.31. The van der Waals surface area contributed by atoms with Gasteiger partial charge in [0.15, 0.2) is 23.1 Å². The summed E-state index contributed by atoms with van der Waals surface area (Å²) in [5.74, 6) is -0.269. The maximum atomic E-state index is 12.0. The molecule has 2 rings (SSSR count). The van der Waals surface area contributed by atoms with Gasteiger partial charge in [-0.3, -0.25) is 9.59 Å². The van der Waals surface area contributed by atoms with E-state index in [4.69, 9.17) is 16.3 Å². The number of hydrogen-bond donors (Lipinski definition) is 1. The zero-order valence-corrected chi connectivity index (χ0v) is 13.2. The van der Waals surface area contributed by atoms with Crippen molar-refractivity contribution in [3.63, 3.8) is 0 Å². The van der Waals surface area contributed by atoms with E-state index in [-0.39, 0.29) is 23.7 Å². The number of phenolic OH excluding ortho intramolecular Hbond substituents is 1. The number of halogens is 1. The van der Waals surface area contributed by atoms with Crippen molar-refractivity contribution in [2.75, 3.05) is 7.11 Å². The van der Waals surface area contributed by atoms with Crippen LogP contribution in [0.4, 0.5) is 0 Å². The monoisotopic (exact) mass is 330 g/mol. The van der Waals surface area contributed by atoms with Gasteiger partial charge in [0, 0.05) is 10.6 Å². The molecule has 23 heavy (non-hydrogen) atoms. The fourth-order valence-electron chi connectivity index (χ4n) is 1.97. The van der Waals surface area contributed by atoms with Crippen LogP contribution < -0.4 is 4.74 Å². The zero-order chi connectivity index (χ0) is 16.8. The van der Waals surface area contributed by atoms with Crippen molar-refractivity contribution in [3.05, 3.63) is 64.7 Å². The molecule has 0 amide bonds. The lowest BCUT2D eigenvalue weighted by atomic mass is 10.1. The van der Waals surface area contributed by atoms with Gasteiger partial charge in [-0.15, -0.1) is 0 Å². The highest BCUT2D eigenvalue weighted by atomic mass is 35.5. The van der Waals surface area contributed by atoms with Crippen LogP contribution in [-0.2, 0) is 4.79 Å². The van der Waals surface area contributed by atoms with E-state index in [1.165, 1.54) is 25.3 Å². The summed E-state index contributed by atoms with van der Waals surface area (Å²) in [7, 11) is 1.44. The summed E-state index contributed by atoms with van der Waals surface area (Å²) in [5.41, 5.74) is 1.09. The molecule has 0 atom stereocenters. The second-order valence-electron chi connectivity index (χ2n) is 4.84. The number of hydrogen-bond acceptors (Lipinski definition) is 4. The molecule has 0 spiro atoms. The summed E-state index contributed by atoms with van der Waals surface area (Å²) in [4.78, 5) is 23.9. The molecule has 0 saturated carbocycles. The molecule has 0 heterocycles. The average molecular weight is 331 g/mol. The van der Waals surface area contributed by atoms with Crippen LogP contribution >= 0.6 is 11.6 Å². The predicted octanol–water partition coefficient (Wildman–Crippen LogP) is 3.91. The topological polar surface area (TPSA) is 63.6 Å². The van der Waals surface area contributed by atoms with Gasteiger partial charge in [0.05, 0.1) is 13.5 Å². The molecule has 1 N–H and O–H groups in total. The summed E-state index contributed by atoms with van der Waals surface area (Å²) in [6.07, 6.45) is 2.66. The molecule has 4 nitrogen and oxygen atoms in total.